The van der Waals surface area contributed by atoms with E-state index in [-0.39, 0.29) is 18.2 Å². The third-order valence-electron chi connectivity index (χ3n) is 6.10. The first-order chi connectivity index (χ1) is 16.2. The molecule has 0 radical (unpaired) electrons. The number of anilines is 1. The molecule has 0 saturated carbocycles. The van der Waals surface area contributed by atoms with E-state index >= 15 is 0 Å². The van der Waals surface area contributed by atoms with Crippen molar-refractivity contribution in [3.05, 3.63) is 90.3 Å². The van der Waals surface area contributed by atoms with Crippen molar-refractivity contribution >= 4 is 18.2 Å². The van der Waals surface area contributed by atoms with Gasteiger partial charge in [-0.2, -0.15) is 5.10 Å². The molecule has 3 heterocycles. The first-order valence-corrected chi connectivity index (χ1v) is 11.4. The van der Waals surface area contributed by atoms with Crippen LogP contribution in [0.3, 0.4) is 0 Å². The fraction of sp³-hybridized carbons (Fsp3) is 0.269. The molecule has 1 aliphatic rings. The van der Waals surface area contributed by atoms with Gasteiger partial charge in [0, 0.05) is 62.4 Å². The molecular formula is C26H28ClFN6. The van der Waals surface area contributed by atoms with Crippen molar-refractivity contribution in [2.45, 2.75) is 19.9 Å². The van der Waals surface area contributed by atoms with Crippen LogP contribution < -0.4 is 4.90 Å². The molecule has 8 heteroatoms. The molecule has 1 fully saturated rings. The number of benzene rings is 2. The highest BCUT2D eigenvalue weighted by molar-refractivity contribution is 5.85. The van der Waals surface area contributed by atoms with E-state index in [2.05, 4.69) is 45.0 Å². The summed E-state index contributed by atoms with van der Waals surface area (Å²) in [6, 6.07) is 16.7. The molecule has 0 atom stereocenters. The predicted octanol–water partition coefficient (Wildman–Crippen LogP) is 4.77. The van der Waals surface area contributed by atoms with Gasteiger partial charge in [0.1, 0.15) is 11.5 Å². The standard InChI is InChI=1S/C26H27FN6.ClH/c1-2-24-21(19-33(30-24)23-6-4-3-5-7-23)18-31-14-16-32(17-15-31)26-25(28-12-13-29-26)20-8-10-22(27)11-9-20;/h3-13,19H,2,14-18H2,1H3;1H. The minimum Gasteiger partial charge on any atom is -0.352 e. The van der Waals surface area contributed by atoms with E-state index in [1.165, 1.54) is 17.7 Å². The summed E-state index contributed by atoms with van der Waals surface area (Å²) in [6.45, 7) is 6.62. The minimum atomic E-state index is -0.250. The maximum absolute atomic E-state index is 13.4. The topological polar surface area (TPSA) is 50.1 Å². The molecule has 1 saturated heterocycles. The third kappa shape index (κ3) is 5.11. The molecule has 0 bridgehead atoms. The maximum Gasteiger partial charge on any atom is 0.155 e. The van der Waals surface area contributed by atoms with Crippen LogP contribution >= 0.6 is 12.4 Å². The Morgan fingerprint density at radius 2 is 1.59 bits per heavy atom. The summed E-state index contributed by atoms with van der Waals surface area (Å²) in [5.41, 5.74) is 5.18. The Morgan fingerprint density at radius 3 is 2.29 bits per heavy atom. The van der Waals surface area contributed by atoms with Gasteiger partial charge in [0.2, 0.25) is 0 Å². The van der Waals surface area contributed by atoms with Crippen LogP contribution in [0, 0.1) is 5.82 Å². The second-order valence-electron chi connectivity index (χ2n) is 8.23. The number of aryl methyl sites for hydroxylation is 1. The van der Waals surface area contributed by atoms with Crippen molar-refractivity contribution < 1.29 is 4.39 Å². The fourth-order valence-electron chi connectivity index (χ4n) is 4.32. The average molecular weight is 479 g/mol. The number of hydrogen-bond acceptors (Lipinski definition) is 5. The van der Waals surface area contributed by atoms with E-state index in [9.17, 15) is 4.39 Å². The van der Waals surface area contributed by atoms with Crippen molar-refractivity contribution in [2.24, 2.45) is 0 Å². The van der Waals surface area contributed by atoms with Crippen LogP contribution in [-0.2, 0) is 13.0 Å². The van der Waals surface area contributed by atoms with Crippen LogP contribution in [-0.4, -0.2) is 50.8 Å². The number of para-hydroxylation sites is 1. The molecule has 2 aromatic carbocycles. The highest BCUT2D eigenvalue weighted by atomic mass is 35.5. The smallest absolute Gasteiger partial charge is 0.155 e. The Bertz CT molecular complexity index is 1200. The molecule has 0 aliphatic carbocycles. The largest absolute Gasteiger partial charge is 0.352 e. The second-order valence-corrected chi connectivity index (χ2v) is 8.23. The number of nitrogens with zero attached hydrogens (tertiary/aromatic N) is 6. The van der Waals surface area contributed by atoms with Gasteiger partial charge in [0.15, 0.2) is 5.82 Å². The normalized spacial score (nSPS) is 14.1. The Balaban J connectivity index is 0.00000274. The van der Waals surface area contributed by atoms with Gasteiger partial charge in [0.05, 0.1) is 11.4 Å². The zero-order chi connectivity index (χ0) is 22.6. The molecule has 176 valence electrons. The van der Waals surface area contributed by atoms with Crippen molar-refractivity contribution in [1.82, 2.24) is 24.6 Å². The fourth-order valence-corrected chi connectivity index (χ4v) is 4.32. The molecule has 4 aromatic rings. The minimum absolute atomic E-state index is 0. The average Bonchev–Trinajstić information content (AvgIpc) is 3.28. The molecule has 5 rings (SSSR count). The Kier molecular flexibility index (Phi) is 7.55. The van der Waals surface area contributed by atoms with E-state index < -0.39 is 0 Å². The summed E-state index contributed by atoms with van der Waals surface area (Å²) in [7, 11) is 0. The highest BCUT2D eigenvalue weighted by Gasteiger charge is 2.22. The van der Waals surface area contributed by atoms with Crippen LogP contribution in [0.1, 0.15) is 18.2 Å². The summed E-state index contributed by atoms with van der Waals surface area (Å²) < 4.78 is 15.4. The number of halogens is 2. The van der Waals surface area contributed by atoms with Crippen LogP contribution in [0.5, 0.6) is 0 Å². The highest BCUT2D eigenvalue weighted by Crippen LogP contribution is 2.28. The van der Waals surface area contributed by atoms with Gasteiger partial charge >= 0.3 is 0 Å². The van der Waals surface area contributed by atoms with Gasteiger partial charge in [-0.05, 0) is 42.8 Å². The van der Waals surface area contributed by atoms with E-state index in [0.717, 1.165) is 67.6 Å². The summed E-state index contributed by atoms with van der Waals surface area (Å²) >= 11 is 0. The zero-order valence-corrected chi connectivity index (χ0v) is 20.0. The molecular weight excluding hydrogens is 451 g/mol. The van der Waals surface area contributed by atoms with E-state index in [0.29, 0.717) is 0 Å². The monoisotopic (exact) mass is 478 g/mol. The van der Waals surface area contributed by atoms with Crippen molar-refractivity contribution in [3.8, 4) is 16.9 Å². The van der Waals surface area contributed by atoms with Crippen LogP contribution in [0.25, 0.3) is 16.9 Å². The number of piperazine rings is 1. The molecule has 0 unspecified atom stereocenters. The van der Waals surface area contributed by atoms with E-state index in [1.54, 1.807) is 24.5 Å². The van der Waals surface area contributed by atoms with Gasteiger partial charge < -0.3 is 4.90 Å². The van der Waals surface area contributed by atoms with Crippen molar-refractivity contribution in [3.63, 3.8) is 0 Å². The van der Waals surface area contributed by atoms with Gasteiger partial charge in [-0.1, -0.05) is 25.1 Å². The number of aromatic nitrogens is 4. The second kappa shape index (κ2) is 10.8. The lowest BCUT2D eigenvalue weighted by molar-refractivity contribution is 0.248. The lowest BCUT2D eigenvalue weighted by Crippen LogP contribution is -2.46. The number of rotatable bonds is 6. The predicted molar refractivity (Wildman–Crippen MR) is 135 cm³/mol. The lowest BCUT2D eigenvalue weighted by atomic mass is 10.1. The summed E-state index contributed by atoms with van der Waals surface area (Å²) in [4.78, 5) is 13.9. The Morgan fingerprint density at radius 1 is 0.882 bits per heavy atom. The van der Waals surface area contributed by atoms with Crippen LogP contribution in [0.2, 0.25) is 0 Å². The lowest BCUT2D eigenvalue weighted by Gasteiger charge is -2.35. The van der Waals surface area contributed by atoms with E-state index in [1.807, 2.05) is 22.9 Å². The van der Waals surface area contributed by atoms with Gasteiger partial charge in [0.25, 0.3) is 0 Å². The van der Waals surface area contributed by atoms with Crippen molar-refractivity contribution in [2.75, 3.05) is 31.1 Å². The van der Waals surface area contributed by atoms with Crippen LogP contribution in [0.15, 0.2) is 73.2 Å². The van der Waals surface area contributed by atoms with Crippen LogP contribution in [0.4, 0.5) is 10.2 Å². The first kappa shape index (κ1) is 23.9. The quantitative estimate of drug-likeness (QED) is 0.399. The molecule has 6 nitrogen and oxygen atoms in total. The van der Waals surface area contributed by atoms with Crippen molar-refractivity contribution in [1.29, 1.82) is 0 Å². The zero-order valence-electron chi connectivity index (χ0n) is 19.1. The maximum atomic E-state index is 13.4. The number of hydrogen-bond donors (Lipinski definition) is 0. The molecule has 0 N–H and O–H groups in total. The molecule has 0 amide bonds. The SMILES string of the molecule is CCc1nn(-c2ccccc2)cc1CN1CCN(c2nccnc2-c2ccc(F)cc2)CC1.Cl. The molecule has 2 aromatic heterocycles. The summed E-state index contributed by atoms with van der Waals surface area (Å²) in [6.07, 6.45) is 6.49. The molecule has 0 spiro atoms. The molecule has 34 heavy (non-hydrogen) atoms. The Labute approximate surface area is 205 Å². The van der Waals surface area contributed by atoms with E-state index in [4.69, 9.17) is 5.10 Å². The summed E-state index contributed by atoms with van der Waals surface area (Å²) in [5, 5.41) is 4.81. The van der Waals surface area contributed by atoms with Gasteiger partial charge in [-0.3, -0.25) is 9.88 Å². The Hall–Kier alpha value is -3.29. The summed E-state index contributed by atoms with van der Waals surface area (Å²) in [5.74, 6) is 0.606. The molecule has 1 aliphatic heterocycles. The third-order valence-corrected chi connectivity index (χ3v) is 6.10. The van der Waals surface area contributed by atoms with Gasteiger partial charge in [-0.15, -0.1) is 12.4 Å². The van der Waals surface area contributed by atoms with Gasteiger partial charge in [-0.25, -0.2) is 14.1 Å². The first-order valence-electron chi connectivity index (χ1n) is 11.4.